The van der Waals surface area contributed by atoms with Crippen LogP contribution in [0.3, 0.4) is 0 Å². The lowest BCUT2D eigenvalue weighted by Gasteiger charge is -2.38. The lowest BCUT2D eigenvalue weighted by molar-refractivity contribution is -0.0299. The molecule has 1 aliphatic carbocycles. The fourth-order valence-corrected chi connectivity index (χ4v) is 2.58. The van der Waals surface area contributed by atoms with Crippen molar-refractivity contribution in [3.63, 3.8) is 0 Å². The maximum Gasteiger partial charge on any atom is 0.0713 e. The van der Waals surface area contributed by atoms with Crippen molar-refractivity contribution in [3.8, 4) is 0 Å². The van der Waals surface area contributed by atoms with E-state index >= 15 is 0 Å². The van der Waals surface area contributed by atoms with Crippen LogP contribution in [-0.2, 0) is 0 Å². The van der Waals surface area contributed by atoms with E-state index < -0.39 is 5.60 Å². The molecule has 1 fully saturated rings. The number of rotatable bonds is 4. The van der Waals surface area contributed by atoms with E-state index in [4.69, 9.17) is 0 Å². The van der Waals surface area contributed by atoms with E-state index in [1.54, 1.807) is 6.08 Å². The number of hydrogen-bond donors (Lipinski definition) is 1. The van der Waals surface area contributed by atoms with Gasteiger partial charge in [-0.05, 0) is 25.3 Å². The van der Waals surface area contributed by atoms with E-state index in [-0.39, 0.29) is 5.92 Å². The molecule has 1 aliphatic rings. The molecule has 90 valence electrons. The number of aliphatic hydroxyl groups is 1. The Morgan fingerprint density at radius 3 is 2.44 bits per heavy atom. The molecular formula is C15H24O. The van der Waals surface area contributed by atoms with Gasteiger partial charge in [-0.15, -0.1) is 0 Å². The second kappa shape index (κ2) is 6.05. The summed E-state index contributed by atoms with van der Waals surface area (Å²) in [7, 11) is 0. The molecule has 1 rings (SSSR count). The Kier molecular flexibility index (Phi) is 5.01. The third-order valence-electron chi connectivity index (χ3n) is 3.69. The molecule has 0 saturated heterocycles. The summed E-state index contributed by atoms with van der Waals surface area (Å²) in [6.07, 6.45) is 13.3. The Hall–Kier alpha value is -0.820. The summed E-state index contributed by atoms with van der Waals surface area (Å²) in [4.78, 5) is 0. The van der Waals surface area contributed by atoms with Gasteiger partial charge in [0.05, 0.1) is 5.60 Å². The smallest absolute Gasteiger partial charge is 0.0713 e. The van der Waals surface area contributed by atoms with Crippen LogP contribution in [0.1, 0.15) is 46.0 Å². The van der Waals surface area contributed by atoms with E-state index in [1.807, 2.05) is 19.1 Å². The first kappa shape index (κ1) is 13.2. The van der Waals surface area contributed by atoms with Gasteiger partial charge < -0.3 is 5.11 Å². The van der Waals surface area contributed by atoms with E-state index in [0.717, 1.165) is 25.7 Å². The van der Waals surface area contributed by atoms with Gasteiger partial charge in [0.15, 0.2) is 0 Å². The van der Waals surface area contributed by atoms with Crippen LogP contribution in [0.2, 0.25) is 0 Å². The van der Waals surface area contributed by atoms with E-state index in [9.17, 15) is 5.11 Å². The van der Waals surface area contributed by atoms with Crippen molar-refractivity contribution < 1.29 is 5.11 Å². The topological polar surface area (TPSA) is 20.2 Å². The van der Waals surface area contributed by atoms with Crippen LogP contribution in [0, 0.1) is 5.92 Å². The SMILES string of the molecule is C=C/C=C(\C=C/C)C(C)C1(O)CCCCC1. The molecule has 0 bridgehead atoms. The van der Waals surface area contributed by atoms with Gasteiger partial charge in [-0.25, -0.2) is 0 Å². The van der Waals surface area contributed by atoms with Gasteiger partial charge in [-0.2, -0.15) is 0 Å². The fourth-order valence-electron chi connectivity index (χ4n) is 2.58. The zero-order chi connectivity index (χ0) is 12.0. The first-order chi connectivity index (χ1) is 7.64. The van der Waals surface area contributed by atoms with Crippen LogP contribution in [-0.4, -0.2) is 10.7 Å². The highest BCUT2D eigenvalue weighted by molar-refractivity contribution is 5.27. The Morgan fingerprint density at radius 1 is 1.31 bits per heavy atom. The molecule has 0 radical (unpaired) electrons. The standard InChI is InChI=1S/C15H24O/c1-4-9-14(10-5-2)13(3)15(16)11-7-6-8-12-15/h4-5,9-10,13,16H,1,6-8,11-12H2,2-3H3/b10-5-,14-9+. The Morgan fingerprint density at radius 2 is 1.94 bits per heavy atom. The first-order valence-corrected chi connectivity index (χ1v) is 6.32. The summed E-state index contributed by atoms with van der Waals surface area (Å²) in [5.41, 5.74) is 0.675. The van der Waals surface area contributed by atoms with Gasteiger partial charge >= 0.3 is 0 Å². The molecule has 1 atom stereocenters. The van der Waals surface area contributed by atoms with E-state index in [2.05, 4.69) is 19.6 Å². The highest BCUT2D eigenvalue weighted by atomic mass is 16.3. The molecule has 0 heterocycles. The second-order valence-corrected chi connectivity index (χ2v) is 4.79. The van der Waals surface area contributed by atoms with Gasteiger partial charge in [-0.1, -0.05) is 57.1 Å². The van der Waals surface area contributed by atoms with Crippen molar-refractivity contribution >= 4 is 0 Å². The molecule has 0 aromatic rings. The molecule has 1 N–H and O–H groups in total. The van der Waals surface area contributed by atoms with Gasteiger partial charge in [0.25, 0.3) is 0 Å². The number of hydrogen-bond acceptors (Lipinski definition) is 1. The van der Waals surface area contributed by atoms with Crippen LogP contribution in [0.4, 0.5) is 0 Å². The maximum atomic E-state index is 10.7. The van der Waals surface area contributed by atoms with Crippen molar-refractivity contribution in [3.05, 3.63) is 36.5 Å². The largest absolute Gasteiger partial charge is 0.389 e. The summed E-state index contributed by atoms with van der Waals surface area (Å²) >= 11 is 0. The first-order valence-electron chi connectivity index (χ1n) is 6.32. The summed E-state index contributed by atoms with van der Waals surface area (Å²) in [6.45, 7) is 7.88. The molecule has 1 unspecified atom stereocenters. The molecule has 1 nitrogen and oxygen atoms in total. The van der Waals surface area contributed by atoms with Gasteiger partial charge in [-0.3, -0.25) is 0 Å². The Balaban J connectivity index is 2.83. The van der Waals surface area contributed by atoms with E-state index in [1.165, 1.54) is 12.0 Å². The molecule has 1 saturated carbocycles. The van der Waals surface area contributed by atoms with Crippen molar-refractivity contribution in [2.75, 3.05) is 0 Å². The third-order valence-corrected chi connectivity index (χ3v) is 3.69. The maximum absolute atomic E-state index is 10.7. The molecule has 16 heavy (non-hydrogen) atoms. The minimum Gasteiger partial charge on any atom is -0.389 e. The minimum atomic E-state index is -0.507. The monoisotopic (exact) mass is 220 g/mol. The lowest BCUT2D eigenvalue weighted by atomic mass is 9.73. The Labute approximate surface area is 99.6 Å². The van der Waals surface area contributed by atoms with Crippen molar-refractivity contribution in [2.24, 2.45) is 5.92 Å². The summed E-state index contributed by atoms with van der Waals surface area (Å²) in [5.74, 6) is 0.196. The van der Waals surface area contributed by atoms with Crippen LogP contribution in [0.5, 0.6) is 0 Å². The van der Waals surface area contributed by atoms with Crippen LogP contribution < -0.4 is 0 Å². The molecule has 0 spiro atoms. The predicted octanol–water partition coefficient (Wildman–Crippen LogP) is 4.01. The normalized spacial score (nSPS) is 23.3. The summed E-state index contributed by atoms with van der Waals surface area (Å²) in [5, 5.41) is 10.7. The molecule has 0 aromatic carbocycles. The van der Waals surface area contributed by atoms with Gasteiger partial charge in [0.2, 0.25) is 0 Å². The van der Waals surface area contributed by atoms with Gasteiger partial charge in [0.1, 0.15) is 0 Å². The zero-order valence-electron chi connectivity index (χ0n) is 10.6. The van der Waals surface area contributed by atoms with Crippen LogP contribution in [0.25, 0.3) is 0 Å². The van der Waals surface area contributed by atoms with Gasteiger partial charge in [0, 0.05) is 5.92 Å². The quantitative estimate of drug-likeness (QED) is 0.710. The fraction of sp³-hybridized carbons (Fsp3) is 0.600. The average molecular weight is 220 g/mol. The molecule has 0 amide bonds. The van der Waals surface area contributed by atoms with E-state index in [0.29, 0.717) is 0 Å². The number of allylic oxidation sites excluding steroid dienone is 4. The lowest BCUT2D eigenvalue weighted by Crippen LogP contribution is -2.39. The summed E-state index contributed by atoms with van der Waals surface area (Å²) < 4.78 is 0. The predicted molar refractivity (Wildman–Crippen MR) is 70.3 cm³/mol. The van der Waals surface area contributed by atoms with Crippen molar-refractivity contribution in [1.82, 2.24) is 0 Å². The minimum absolute atomic E-state index is 0.196. The van der Waals surface area contributed by atoms with Crippen LogP contribution >= 0.6 is 0 Å². The molecule has 0 aromatic heterocycles. The average Bonchev–Trinajstić information content (AvgIpc) is 2.29. The molecular weight excluding hydrogens is 196 g/mol. The highest BCUT2D eigenvalue weighted by Gasteiger charge is 2.35. The molecule has 0 aliphatic heterocycles. The highest BCUT2D eigenvalue weighted by Crippen LogP contribution is 2.37. The van der Waals surface area contributed by atoms with Crippen LogP contribution in [0.15, 0.2) is 36.5 Å². The van der Waals surface area contributed by atoms with Crippen molar-refractivity contribution in [1.29, 1.82) is 0 Å². The third kappa shape index (κ3) is 3.08. The zero-order valence-corrected chi connectivity index (χ0v) is 10.6. The second-order valence-electron chi connectivity index (χ2n) is 4.79. The Bertz CT molecular complexity index is 280. The summed E-state index contributed by atoms with van der Waals surface area (Å²) in [6, 6.07) is 0. The molecule has 1 heteroatoms. The van der Waals surface area contributed by atoms with Crippen molar-refractivity contribution in [2.45, 2.75) is 51.6 Å².